The molecule has 8 heteroatoms. The number of halogens is 1. The van der Waals surface area contributed by atoms with E-state index in [1.165, 1.54) is 0 Å². The van der Waals surface area contributed by atoms with E-state index in [9.17, 15) is 4.79 Å². The summed E-state index contributed by atoms with van der Waals surface area (Å²) >= 11 is 6.00. The molecule has 124 valence electrons. The van der Waals surface area contributed by atoms with Crippen LogP contribution in [0.2, 0.25) is 5.15 Å². The summed E-state index contributed by atoms with van der Waals surface area (Å²) in [7, 11) is 3.55. The summed E-state index contributed by atoms with van der Waals surface area (Å²) in [6, 6.07) is 0. The van der Waals surface area contributed by atoms with Crippen LogP contribution in [0, 0.1) is 0 Å². The molecular formula is C14H24ClN5O2. The molecular weight excluding hydrogens is 306 g/mol. The zero-order valence-corrected chi connectivity index (χ0v) is 14.0. The van der Waals surface area contributed by atoms with Crippen LogP contribution in [0.1, 0.15) is 5.82 Å². The second-order valence-corrected chi connectivity index (χ2v) is 5.84. The van der Waals surface area contributed by atoms with E-state index in [2.05, 4.69) is 20.1 Å². The van der Waals surface area contributed by atoms with Gasteiger partial charge in [-0.05, 0) is 0 Å². The predicted molar refractivity (Wildman–Crippen MR) is 84.8 cm³/mol. The average Bonchev–Trinajstić information content (AvgIpc) is 2.81. The second-order valence-electron chi connectivity index (χ2n) is 5.45. The fourth-order valence-corrected chi connectivity index (χ4v) is 2.57. The van der Waals surface area contributed by atoms with E-state index < -0.39 is 0 Å². The van der Waals surface area contributed by atoms with Gasteiger partial charge in [0.1, 0.15) is 11.0 Å². The number of amides is 1. The molecule has 2 heterocycles. The molecule has 0 spiro atoms. The number of rotatable bonds is 7. The van der Waals surface area contributed by atoms with E-state index >= 15 is 0 Å². The summed E-state index contributed by atoms with van der Waals surface area (Å²) in [5.74, 6) is 1.03. The quantitative estimate of drug-likeness (QED) is 0.711. The summed E-state index contributed by atoms with van der Waals surface area (Å²) in [5.41, 5.74) is 0. The molecule has 1 N–H and O–H groups in total. The highest BCUT2D eigenvalue weighted by Crippen LogP contribution is 2.12. The summed E-state index contributed by atoms with van der Waals surface area (Å²) in [6.45, 7) is 5.97. The topological polar surface area (TPSA) is 62.6 Å². The Kier molecular flexibility index (Phi) is 6.63. The van der Waals surface area contributed by atoms with Gasteiger partial charge in [0, 0.05) is 46.9 Å². The van der Waals surface area contributed by atoms with Crippen molar-refractivity contribution in [2.24, 2.45) is 7.05 Å². The Morgan fingerprint density at radius 1 is 1.36 bits per heavy atom. The molecule has 1 aromatic heterocycles. The van der Waals surface area contributed by atoms with Crippen molar-refractivity contribution in [2.45, 2.75) is 6.54 Å². The van der Waals surface area contributed by atoms with Gasteiger partial charge in [-0.15, -0.1) is 0 Å². The third-order valence-electron chi connectivity index (χ3n) is 3.85. The first-order valence-corrected chi connectivity index (χ1v) is 7.84. The molecule has 2 rings (SSSR count). The Bertz CT molecular complexity index is 486. The summed E-state index contributed by atoms with van der Waals surface area (Å²) in [4.78, 5) is 20.6. The number of carbonyl (C=O) groups is 1. The molecule has 0 aliphatic carbocycles. The van der Waals surface area contributed by atoms with Gasteiger partial charge in [-0.1, -0.05) is 11.6 Å². The highest BCUT2D eigenvalue weighted by Gasteiger charge is 2.20. The Labute approximate surface area is 136 Å². The van der Waals surface area contributed by atoms with Gasteiger partial charge < -0.3 is 14.6 Å². The molecule has 0 bridgehead atoms. The van der Waals surface area contributed by atoms with Gasteiger partial charge in [-0.3, -0.25) is 14.6 Å². The average molecular weight is 330 g/mol. The third-order valence-corrected chi connectivity index (χ3v) is 4.20. The number of piperazine rings is 1. The minimum atomic E-state index is 0.0568. The van der Waals surface area contributed by atoms with Gasteiger partial charge in [-0.2, -0.15) is 0 Å². The van der Waals surface area contributed by atoms with Crippen LogP contribution in [0.3, 0.4) is 0 Å². The highest BCUT2D eigenvalue weighted by molar-refractivity contribution is 6.29. The van der Waals surface area contributed by atoms with Gasteiger partial charge in [-0.25, -0.2) is 4.98 Å². The van der Waals surface area contributed by atoms with E-state index in [0.717, 1.165) is 38.5 Å². The first-order chi connectivity index (χ1) is 10.6. The predicted octanol–water partition coefficient (Wildman–Crippen LogP) is -0.0463. The smallest absolute Gasteiger partial charge is 0.234 e. The Morgan fingerprint density at radius 3 is 2.64 bits per heavy atom. The zero-order chi connectivity index (χ0) is 15.9. The molecule has 1 fully saturated rings. The summed E-state index contributed by atoms with van der Waals surface area (Å²) in [5, 5.41) is 3.50. The third kappa shape index (κ3) is 4.95. The van der Waals surface area contributed by atoms with E-state index in [-0.39, 0.29) is 5.91 Å². The maximum atomic E-state index is 11.8. The van der Waals surface area contributed by atoms with Gasteiger partial charge >= 0.3 is 0 Å². The van der Waals surface area contributed by atoms with Crippen LogP contribution >= 0.6 is 11.6 Å². The minimum absolute atomic E-state index is 0.0568. The van der Waals surface area contributed by atoms with E-state index in [0.29, 0.717) is 24.8 Å². The lowest BCUT2D eigenvalue weighted by atomic mass is 10.3. The van der Waals surface area contributed by atoms with Crippen LogP contribution in [0.15, 0.2) is 6.20 Å². The van der Waals surface area contributed by atoms with Gasteiger partial charge in [0.05, 0.1) is 25.9 Å². The molecule has 1 amide bonds. The summed E-state index contributed by atoms with van der Waals surface area (Å²) < 4.78 is 6.81. The van der Waals surface area contributed by atoms with Crippen molar-refractivity contribution in [1.82, 2.24) is 24.7 Å². The van der Waals surface area contributed by atoms with Crippen LogP contribution in [0.4, 0.5) is 0 Å². The monoisotopic (exact) mass is 329 g/mol. The highest BCUT2D eigenvalue weighted by atomic mass is 35.5. The molecule has 0 aromatic carbocycles. The SMILES string of the molecule is COCCNC(=O)CN1CCN(Cc2ncc(Cl)n2C)CC1. The number of nitrogens with one attached hydrogen (secondary N) is 1. The Morgan fingerprint density at radius 2 is 2.05 bits per heavy atom. The lowest BCUT2D eigenvalue weighted by Crippen LogP contribution is -2.49. The van der Waals surface area contributed by atoms with Crippen molar-refractivity contribution in [3.8, 4) is 0 Å². The molecule has 1 aliphatic rings. The van der Waals surface area contributed by atoms with Crippen molar-refractivity contribution in [1.29, 1.82) is 0 Å². The molecule has 7 nitrogen and oxygen atoms in total. The normalized spacial score (nSPS) is 16.9. The Balaban J connectivity index is 1.69. The fourth-order valence-electron chi connectivity index (χ4n) is 2.43. The van der Waals surface area contributed by atoms with Crippen molar-refractivity contribution in [2.75, 3.05) is 53.0 Å². The van der Waals surface area contributed by atoms with Crippen LogP contribution in [0.25, 0.3) is 0 Å². The Hall–Kier alpha value is -1.15. The van der Waals surface area contributed by atoms with Crippen molar-refractivity contribution < 1.29 is 9.53 Å². The summed E-state index contributed by atoms with van der Waals surface area (Å²) in [6.07, 6.45) is 1.68. The molecule has 0 radical (unpaired) electrons. The first kappa shape index (κ1) is 17.2. The standard InChI is InChI=1S/C14H24ClN5O2/c1-18-12(15)9-17-13(18)10-19-4-6-20(7-5-19)11-14(21)16-3-8-22-2/h9H,3-8,10-11H2,1-2H3,(H,16,21). The number of imidazole rings is 1. The first-order valence-electron chi connectivity index (χ1n) is 7.46. The molecule has 1 aromatic rings. The van der Waals surface area contributed by atoms with Gasteiger partial charge in [0.2, 0.25) is 5.91 Å². The van der Waals surface area contributed by atoms with Crippen molar-refractivity contribution in [3.05, 3.63) is 17.2 Å². The van der Waals surface area contributed by atoms with Crippen LogP contribution < -0.4 is 5.32 Å². The maximum absolute atomic E-state index is 11.8. The lowest BCUT2D eigenvalue weighted by molar-refractivity contribution is -0.122. The molecule has 1 aliphatic heterocycles. The van der Waals surface area contributed by atoms with Gasteiger partial charge in [0.25, 0.3) is 0 Å². The van der Waals surface area contributed by atoms with E-state index in [1.807, 2.05) is 11.6 Å². The van der Waals surface area contributed by atoms with E-state index in [4.69, 9.17) is 16.3 Å². The number of methoxy groups -OCH3 is 1. The largest absolute Gasteiger partial charge is 0.383 e. The maximum Gasteiger partial charge on any atom is 0.234 e. The van der Waals surface area contributed by atoms with Crippen LogP contribution in [-0.4, -0.2) is 78.2 Å². The van der Waals surface area contributed by atoms with Crippen LogP contribution in [0.5, 0.6) is 0 Å². The number of ether oxygens (including phenoxy) is 1. The minimum Gasteiger partial charge on any atom is -0.383 e. The number of aromatic nitrogens is 2. The van der Waals surface area contributed by atoms with Gasteiger partial charge in [0.15, 0.2) is 0 Å². The molecule has 22 heavy (non-hydrogen) atoms. The zero-order valence-electron chi connectivity index (χ0n) is 13.2. The second kappa shape index (κ2) is 8.47. The van der Waals surface area contributed by atoms with E-state index in [1.54, 1.807) is 13.3 Å². The number of carbonyl (C=O) groups excluding carboxylic acids is 1. The number of hydrogen-bond donors (Lipinski definition) is 1. The van der Waals surface area contributed by atoms with Crippen LogP contribution in [-0.2, 0) is 23.1 Å². The molecule has 0 saturated carbocycles. The molecule has 0 unspecified atom stereocenters. The molecule has 0 atom stereocenters. The number of hydrogen-bond acceptors (Lipinski definition) is 5. The molecule has 1 saturated heterocycles. The van der Waals surface area contributed by atoms with Crippen molar-refractivity contribution in [3.63, 3.8) is 0 Å². The fraction of sp³-hybridized carbons (Fsp3) is 0.714. The lowest BCUT2D eigenvalue weighted by Gasteiger charge is -2.34. The number of nitrogens with zero attached hydrogens (tertiary/aromatic N) is 4. The van der Waals surface area contributed by atoms with Crippen molar-refractivity contribution >= 4 is 17.5 Å².